The molecule has 0 atom stereocenters. The third-order valence-corrected chi connectivity index (χ3v) is 3.60. The van der Waals surface area contributed by atoms with Gasteiger partial charge in [-0.1, -0.05) is 23.2 Å². The van der Waals surface area contributed by atoms with Crippen molar-refractivity contribution in [3.05, 3.63) is 64.3 Å². The molecule has 22 heavy (non-hydrogen) atoms. The summed E-state index contributed by atoms with van der Waals surface area (Å²) in [4.78, 5) is 12.1. The van der Waals surface area contributed by atoms with Crippen LogP contribution in [0.4, 0.5) is 5.69 Å². The van der Waals surface area contributed by atoms with Gasteiger partial charge in [-0.25, -0.2) is 0 Å². The standard InChI is InChI=1S/C16H11Cl2NO3/c17-10-1-3-12(13(18)7-10)14(20)5-6-19-11-2-4-15-16(8-11)22-9-21-15/h1-8,19H,9H2/b6-5+. The lowest BCUT2D eigenvalue weighted by Gasteiger charge is -2.03. The number of anilines is 1. The van der Waals surface area contributed by atoms with Crippen LogP contribution in [0.5, 0.6) is 11.5 Å². The Kier molecular flexibility index (Phi) is 4.22. The summed E-state index contributed by atoms with van der Waals surface area (Å²) in [5, 5.41) is 3.81. The monoisotopic (exact) mass is 335 g/mol. The minimum Gasteiger partial charge on any atom is -0.454 e. The van der Waals surface area contributed by atoms with Gasteiger partial charge in [0.1, 0.15) is 0 Å². The maximum atomic E-state index is 12.1. The quantitative estimate of drug-likeness (QED) is 0.658. The van der Waals surface area contributed by atoms with E-state index in [0.29, 0.717) is 27.1 Å². The average molecular weight is 336 g/mol. The Morgan fingerprint density at radius 3 is 2.73 bits per heavy atom. The van der Waals surface area contributed by atoms with Crippen LogP contribution >= 0.6 is 23.2 Å². The number of nitrogens with one attached hydrogen (secondary N) is 1. The van der Waals surface area contributed by atoms with Gasteiger partial charge in [0.15, 0.2) is 17.3 Å². The number of carbonyl (C=O) groups excluding carboxylic acids is 1. The first-order chi connectivity index (χ1) is 10.6. The molecule has 0 fully saturated rings. The Bertz CT molecular complexity index is 759. The molecule has 0 bridgehead atoms. The minimum absolute atomic E-state index is 0.213. The van der Waals surface area contributed by atoms with Crippen LogP contribution in [0.1, 0.15) is 10.4 Å². The lowest BCUT2D eigenvalue weighted by atomic mass is 10.1. The van der Waals surface area contributed by atoms with E-state index in [1.807, 2.05) is 6.07 Å². The van der Waals surface area contributed by atoms with Crippen molar-refractivity contribution in [3.63, 3.8) is 0 Å². The number of halogens is 2. The highest BCUT2D eigenvalue weighted by Gasteiger charge is 2.12. The van der Waals surface area contributed by atoms with Crippen LogP contribution in [0.2, 0.25) is 10.0 Å². The third kappa shape index (κ3) is 3.18. The Morgan fingerprint density at radius 2 is 1.91 bits per heavy atom. The summed E-state index contributed by atoms with van der Waals surface area (Å²) in [6.07, 6.45) is 2.95. The molecule has 0 radical (unpaired) electrons. The van der Waals surface area contributed by atoms with Crippen molar-refractivity contribution in [3.8, 4) is 11.5 Å². The predicted octanol–water partition coefficient (Wildman–Crippen LogP) is 4.53. The van der Waals surface area contributed by atoms with E-state index in [4.69, 9.17) is 32.7 Å². The first kappa shape index (κ1) is 14.8. The molecule has 1 aliphatic heterocycles. The van der Waals surface area contributed by atoms with Crippen LogP contribution < -0.4 is 14.8 Å². The van der Waals surface area contributed by atoms with E-state index < -0.39 is 0 Å². The van der Waals surface area contributed by atoms with Crippen molar-refractivity contribution in [1.82, 2.24) is 0 Å². The number of carbonyl (C=O) groups is 1. The second-order valence-corrected chi connectivity index (χ2v) is 5.38. The van der Waals surface area contributed by atoms with Gasteiger partial charge in [0.2, 0.25) is 6.79 Å². The summed E-state index contributed by atoms with van der Waals surface area (Å²) >= 11 is 11.8. The van der Waals surface area contributed by atoms with Gasteiger partial charge >= 0.3 is 0 Å². The van der Waals surface area contributed by atoms with Crippen molar-refractivity contribution in [2.75, 3.05) is 12.1 Å². The first-order valence-corrected chi connectivity index (χ1v) is 7.21. The van der Waals surface area contributed by atoms with Gasteiger partial charge in [0, 0.05) is 34.6 Å². The number of ether oxygens (including phenoxy) is 2. The average Bonchev–Trinajstić information content (AvgIpc) is 2.94. The van der Waals surface area contributed by atoms with Crippen molar-refractivity contribution >= 4 is 34.7 Å². The largest absolute Gasteiger partial charge is 0.454 e. The highest BCUT2D eigenvalue weighted by atomic mass is 35.5. The van der Waals surface area contributed by atoms with Gasteiger partial charge in [0.05, 0.1) is 5.02 Å². The van der Waals surface area contributed by atoms with Crippen LogP contribution in [0, 0.1) is 0 Å². The molecule has 0 saturated heterocycles. The Balaban J connectivity index is 1.68. The fourth-order valence-electron chi connectivity index (χ4n) is 1.98. The number of allylic oxidation sites excluding steroid dienone is 1. The van der Waals surface area contributed by atoms with Crippen LogP contribution in [-0.2, 0) is 0 Å². The summed E-state index contributed by atoms with van der Waals surface area (Å²) in [6, 6.07) is 10.2. The number of hydrogen-bond donors (Lipinski definition) is 1. The van der Waals surface area contributed by atoms with Crippen LogP contribution in [0.25, 0.3) is 0 Å². The van der Waals surface area contributed by atoms with Crippen LogP contribution in [0.3, 0.4) is 0 Å². The molecule has 2 aromatic rings. The maximum absolute atomic E-state index is 12.1. The number of fused-ring (bicyclic) bond motifs is 1. The zero-order valence-corrected chi connectivity index (χ0v) is 12.8. The molecule has 0 aliphatic carbocycles. The minimum atomic E-state index is -0.213. The van der Waals surface area contributed by atoms with Gasteiger partial charge in [-0.05, 0) is 30.3 Å². The lowest BCUT2D eigenvalue weighted by Crippen LogP contribution is -1.97. The molecule has 0 aromatic heterocycles. The van der Waals surface area contributed by atoms with Gasteiger partial charge < -0.3 is 14.8 Å². The molecule has 0 spiro atoms. The molecule has 0 saturated carbocycles. The zero-order valence-electron chi connectivity index (χ0n) is 11.3. The zero-order chi connectivity index (χ0) is 15.5. The van der Waals surface area contributed by atoms with Gasteiger partial charge in [-0.15, -0.1) is 0 Å². The molecule has 1 aliphatic rings. The van der Waals surface area contributed by atoms with Gasteiger partial charge in [-0.2, -0.15) is 0 Å². The molecule has 0 unspecified atom stereocenters. The highest BCUT2D eigenvalue weighted by molar-refractivity contribution is 6.37. The molecular formula is C16H11Cl2NO3. The molecule has 3 rings (SSSR count). The van der Waals surface area contributed by atoms with E-state index in [2.05, 4.69) is 5.32 Å². The highest BCUT2D eigenvalue weighted by Crippen LogP contribution is 2.34. The fraction of sp³-hybridized carbons (Fsp3) is 0.0625. The topological polar surface area (TPSA) is 47.6 Å². The SMILES string of the molecule is O=C(/C=C/Nc1ccc2c(c1)OCO2)c1ccc(Cl)cc1Cl. The fourth-order valence-corrected chi connectivity index (χ4v) is 2.48. The normalized spacial score (nSPS) is 12.6. The Morgan fingerprint density at radius 1 is 1.09 bits per heavy atom. The van der Waals surface area contributed by atoms with E-state index in [9.17, 15) is 4.79 Å². The van der Waals surface area contributed by atoms with Crippen molar-refractivity contribution in [1.29, 1.82) is 0 Å². The number of ketones is 1. The van der Waals surface area contributed by atoms with E-state index in [1.54, 1.807) is 30.5 Å². The molecule has 6 heteroatoms. The third-order valence-electron chi connectivity index (χ3n) is 3.05. The summed E-state index contributed by atoms with van der Waals surface area (Å²) in [6.45, 7) is 0.224. The summed E-state index contributed by atoms with van der Waals surface area (Å²) < 4.78 is 10.5. The van der Waals surface area contributed by atoms with Gasteiger partial charge in [0.25, 0.3) is 0 Å². The number of rotatable bonds is 4. The molecule has 1 N–H and O–H groups in total. The van der Waals surface area contributed by atoms with E-state index in [-0.39, 0.29) is 12.6 Å². The summed E-state index contributed by atoms with van der Waals surface area (Å²) in [5.41, 5.74) is 1.19. The number of hydrogen-bond acceptors (Lipinski definition) is 4. The number of benzene rings is 2. The van der Waals surface area contributed by atoms with Crippen molar-refractivity contribution in [2.45, 2.75) is 0 Å². The van der Waals surface area contributed by atoms with Crippen LogP contribution in [-0.4, -0.2) is 12.6 Å². The maximum Gasteiger partial charge on any atom is 0.231 e. The molecule has 112 valence electrons. The van der Waals surface area contributed by atoms with Crippen LogP contribution in [0.15, 0.2) is 48.7 Å². The first-order valence-electron chi connectivity index (χ1n) is 6.45. The Labute approximate surface area is 137 Å². The van der Waals surface area contributed by atoms with Gasteiger partial charge in [-0.3, -0.25) is 4.79 Å². The lowest BCUT2D eigenvalue weighted by molar-refractivity contribution is 0.104. The smallest absolute Gasteiger partial charge is 0.231 e. The molecule has 0 amide bonds. The molecule has 1 heterocycles. The van der Waals surface area contributed by atoms with E-state index >= 15 is 0 Å². The predicted molar refractivity (Wildman–Crippen MR) is 86.1 cm³/mol. The van der Waals surface area contributed by atoms with E-state index in [1.165, 1.54) is 12.1 Å². The summed E-state index contributed by atoms with van der Waals surface area (Å²) in [5.74, 6) is 1.17. The van der Waals surface area contributed by atoms with Crippen molar-refractivity contribution in [2.24, 2.45) is 0 Å². The molecule has 4 nitrogen and oxygen atoms in total. The van der Waals surface area contributed by atoms with E-state index in [0.717, 1.165) is 5.69 Å². The second kappa shape index (κ2) is 6.30. The molecule has 2 aromatic carbocycles. The molecular weight excluding hydrogens is 325 g/mol. The van der Waals surface area contributed by atoms with Crippen molar-refractivity contribution < 1.29 is 14.3 Å². The second-order valence-electron chi connectivity index (χ2n) is 4.53. The Hall–Kier alpha value is -2.17. The summed E-state index contributed by atoms with van der Waals surface area (Å²) in [7, 11) is 0.